The lowest BCUT2D eigenvalue weighted by Gasteiger charge is -2.14. The maximum atomic E-state index is 12.3. The lowest BCUT2D eigenvalue weighted by atomic mass is 10.1. The Morgan fingerprint density at radius 3 is 2.60 bits per heavy atom. The second kappa shape index (κ2) is 7.49. The summed E-state index contributed by atoms with van der Waals surface area (Å²) in [4.78, 5) is 18.2. The number of halogens is 1. The zero-order valence-electron chi connectivity index (χ0n) is 14.1. The number of hydrogen-bond acceptors (Lipinski definition) is 4. The molecule has 0 aliphatic heterocycles. The number of amides is 1. The van der Waals surface area contributed by atoms with Crippen LogP contribution in [-0.2, 0) is 17.8 Å². The highest BCUT2D eigenvalue weighted by Crippen LogP contribution is 2.25. The Kier molecular flexibility index (Phi) is 5.14. The fraction of sp³-hybridized carbons (Fsp3) is 0.211. The molecule has 0 aliphatic carbocycles. The standard InChI is InChI=1S/C19H18ClN3O2/c1-13-7-9-14(10-8-13)11-18(24)23(2)12-17-21-19(22-25-17)15-5-3-4-6-16(15)20/h3-10H,11-12H2,1-2H3. The van der Waals surface area contributed by atoms with Crippen LogP contribution in [0.25, 0.3) is 11.4 Å². The molecule has 3 rings (SSSR count). The Morgan fingerprint density at radius 2 is 1.88 bits per heavy atom. The lowest BCUT2D eigenvalue weighted by Crippen LogP contribution is -2.27. The molecule has 2 aromatic carbocycles. The molecule has 0 radical (unpaired) electrons. The van der Waals surface area contributed by atoms with Crippen LogP contribution in [-0.4, -0.2) is 28.0 Å². The number of likely N-dealkylation sites (N-methyl/N-ethyl adjacent to an activating group) is 1. The first-order valence-corrected chi connectivity index (χ1v) is 8.28. The van der Waals surface area contributed by atoms with Gasteiger partial charge in [0.2, 0.25) is 17.6 Å². The number of aryl methyl sites for hydroxylation is 1. The SMILES string of the molecule is Cc1ccc(CC(=O)N(C)Cc2nc(-c3ccccc3Cl)no2)cc1. The van der Waals surface area contributed by atoms with E-state index in [2.05, 4.69) is 10.1 Å². The summed E-state index contributed by atoms with van der Waals surface area (Å²) in [5.41, 5.74) is 2.85. The topological polar surface area (TPSA) is 59.2 Å². The van der Waals surface area contributed by atoms with Crippen LogP contribution in [0, 0.1) is 6.92 Å². The van der Waals surface area contributed by atoms with Gasteiger partial charge in [0.15, 0.2) is 0 Å². The predicted octanol–water partition coefficient (Wildman–Crippen LogP) is 3.90. The Hall–Kier alpha value is -2.66. The summed E-state index contributed by atoms with van der Waals surface area (Å²) in [6.45, 7) is 2.27. The zero-order valence-corrected chi connectivity index (χ0v) is 14.8. The molecular weight excluding hydrogens is 338 g/mol. The molecule has 0 saturated heterocycles. The average Bonchev–Trinajstić information content (AvgIpc) is 3.05. The molecular formula is C19H18ClN3O2. The fourth-order valence-corrected chi connectivity index (χ4v) is 2.60. The predicted molar refractivity (Wildman–Crippen MR) is 96.1 cm³/mol. The van der Waals surface area contributed by atoms with E-state index in [9.17, 15) is 4.79 Å². The first-order valence-electron chi connectivity index (χ1n) is 7.90. The summed E-state index contributed by atoms with van der Waals surface area (Å²) < 4.78 is 5.25. The van der Waals surface area contributed by atoms with Gasteiger partial charge in [-0.05, 0) is 24.6 Å². The van der Waals surface area contributed by atoms with Crippen LogP contribution in [0.1, 0.15) is 17.0 Å². The Bertz CT molecular complexity index is 874. The van der Waals surface area contributed by atoms with Gasteiger partial charge in [-0.2, -0.15) is 4.98 Å². The first-order chi connectivity index (χ1) is 12.0. The van der Waals surface area contributed by atoms with Gasteiger partial charge >= 0.3 is 0 Å². The quantitative estimate of drug-likeness (QED) is 0.696. The van der Waals surface area contributed by atoms with Gasteiger partial charge in [0.25, 0.3) is 0 Å². The van der Waals surface area contributed by atoms with Gasteiger partial charge in [-0.1, -0.05) is 58.7 Å². The van der Waals surface area contributed by atoms with Crippen molar-refractivity contribution in [3.8, 4) is 11.4 Å². The number of aromatic nitrogens is 2. The van der Waals surface area contributed by atoms with Gasteiger partial charge in [0, 0.05) is 12.6 Å². The number of nitrogens with zero attached hydrogens (tertiary/aromatic N) is 3. The molecule has 0 atom stereocenters. The van der Waals surface area contributed by atoms with E-state index in [-0.39, 0.29) is 12.5 Å². The van der Waals surface area contributed by atoms with E-state index in [1.807, 2.05) is 49.4 Å². The lowest BCUT2D eigenvalue weighted by molar-refractivity contribution is -0.130. The summed E-state index contributed by atoms with van der Waals surface area (Å²) >= 11 is 6.14. The van der Waals surface area contributed by atoms with Crippen molar-refractivity contribution < 1.29 is 9.32 Å². The van der Waals surface area contributed by atoms with Crippen LogP contribution < -0.4 is 0 Å². The van der Waals surface area contributed by atoms with Crippen molar-refractivity contribution in [3.63, 3.8) is 0 Å². The van der Waals surface area contributed by atoms with Gasteiger partial charge in [0.1, 0.15) is 0 Å². The number of benzene rings is 2. The van der Waals surface area contributed by atoms with Crippen molar-refractivity contribution in [1.82, 2.24) is 15.0 Å². The zero-order chi connectivity index (χ0) is 17.8. The molecule has 0 aliphatic rings. The van der Waals surface area contributed by atoms with Crippen LogP contribution in [0.3, 0.4) is 0 Å². The molecule has 1 amide bonds. The fourth-order valence-electron chi connectivity index (χ4n) is 2.38. The second-order valence-corrected chi connectivity index (χ2v) is 6.31. The van der Waals surface area contributed by atoms with Crippen molar-refractivity contribution in [2.45, 2.75) is 19.9 Å². The van der Waals surface area contributed by atoms with Gasteiger partial charge in [0.05, 0.1) is 18.0 Å². The van der Waals surface area contributed by atoms with Crippen LogP contribution in [0.4, 0.5) is 0 Å². The monoisotopic (exact) mass is 355 g/mol. The molecule has 0 unspecified atom stereocenters. The van der Waals surface area contributed by atoms with Gasteiger partial charge in [-0.25, -0.2) is 0 Å². The second-order valence-electron chi connectivity index (χ2n) is 5.90. The maximum Gasteiger partial charge on any atom is 0.246 e. The summed E-state index contributed by atoms with van der Waals surface area (Å²) in [7, 11) is 1.72. The van der Waals surface area contributed by atoms with E-state index in [0.717, 1.165) is 5.56 Å². The molecule has 0 fully saturated rings. The van der Waals surface area contributed by atoms with Gasteiger partial charge in [-0.3, -0.25) is 4.79 Å². The van der Waals surface area contributed by atoms with Crippen LogP contribution in [0.15, 0.2) is 53.1 Å². The molecule has 1 aromatic heterocycles. The van der Waals surface area contributed by atoms with Crippen LogP contribution >= 0.6 is 11.6 Å². The Labute approximate surface area is 151 Å². The Morgan fingerprint density at radius 1 is 1.16 bits per heavy atom. The summed E-state index contributed by atoms with van der Waals surface area (Å²) in [5, 5.41) is 4.50. The molecule has 0 bridgehead atoms. The van der Waals surface area contributed by atoms with Crippen molar-refractivity contribution in [3.05, 3.63) is 70.6 Å². The highest BCUT2D eigenvalue weighted by atomic mass is 35.5. The van der Waals surface area contributed by atoms with Gasteiger partial charge in [-0.15, -0.1) is 0 Å². The molecule has 6 heteroatoms. The molecule has 0 saturated carbocycles. The van der Waals surface area contributed by atoms with Crippen molar-refractivity contribution in [2.24, 2.45) is 0 Å². The molecule has 128 valence electrons. The number of carbonyl (C=O) groups excluding carboxylic acids is 1. The third-order valence-electron chi connectivity index (χ3n) is 3.86. The molecule has 1 heterocycles. The molecule has 0 N–H and O–H groups in total. The molecule has 5 nitrogen and oxygen atoms in total. The molecule has 0 spiro atoms. The Balaban J connectivity index is 1.65. The third kappa shape index (κ3) is 4.25. The first kappa shape index (κ1) is 17.2. The number of hydrogen-bond donors (Lipinski definition) is 0. The minimum absolute atomic E-state index is 0.0126. The maximum absolute atomic E-state index is 12.3. The highest BCUT2D eigenvalue weighted by molar-refractivity contribution is 6.33. The highest BCUT2D eigenvalue weighted by Gasteiger charge is 2.16. The summed E-state index contributed by atoms with van der Waals surface area (Å²) in [5.74, 6) is 0.774. The number of rotatable bonds is 5. The van der Waals surface area contributed by atoms with Crippen molar-refractivity contribution >= 4 is 17.5 Å². The van der Waals surface area contributed by atoms with E-state index < -0.39 is 0 Å². The van der Waals surface area contributed by atoms with Gasteiger partial charge < -0.3 is 9.42 Å². The summed E-state index contributed by atoms with van der Waals surface area (Å²) in [6.07, 6.45) is 0.336. The average molecular weight is 356 g/mol. The van der Waals surface area contributed by atoms with E-state index in [0.29, 0.717) is 28.7 Å². The van der Waals surface area contributed by atoms with Crippen LogP contribution in [0.5, 0.6) is 0 Å². The van der Waals surface area contributed by atoms with Crippen molar-refractivity contribution in [2.75, 3.05) is 7.05 Å². The van der Waals surface area contributed by atoms with Crippen LogP contribution in [0.2, 0.25) is 5.02 Å². The van der Waals surface area contributed by atoms with E-state index in [1.54, 1.807) is 18.0 Å². The smallest absolute Gasteiger partial charge is 0.246 e. The van der Waals surface area contributed by atoms with E-state index in [1.165, 1.54) is 5.56 Å². The van der Waals surface area contributed by atoms with E-state index >= 15 is 0 Å². The van der Waals surface area contributed by atoms with Crippen molar-refractivity contribution in [1.29, 1.82) is 0 Å². The molecule has 3 aromatic rings. The summed E-state index contributed by atoms with van der Waals surface area (Å²) in [6, 6.07) is 15.2. The normalized spacial score (nSPS) is 10.7. The minimum atomic E-state index is -0.0126. The molecule has 25 heavy (non-hydrogen) atoms. The largest absolute Gasteiger partial charge is 0.337 e. The number of carbonyl (C=O) groups is 1. The van der Waals surface area contributed by atoms with E-state index in [4.69, 9.17) is 16.1 Å². The minimum Gasteiger partial charge on any atom is -0.337 e. The third-order valence-corrected chi connectivity index (χ3v) is 4.19.